The van der Waals surface area contributed by atoms with Gasteiger partial charge in [-0.3, -0.25) is 4.79 Å². The highest BCUT2D eigenvalue weighted by molar-refractivity contribution is 5.94. The molecule has 0 bridgehead atoms. The number of nitrogen functional groups attached to an aromatic ring is 1. The smallest absolute Gasteiger partial charge is 0.255 e. The Bertz CT molecular complexity index is 488. The van der Waals surface area contributed by atoms with Crippen LogP contribution in [0.3, 0.4) is 0 Å². The van der Waals surface area contributed by atoms with Crippen molar-refractivity contribution in [1.29, 1.82) is 0 Å². The standard InChI is InChI=1S/C15H21N3O2/c1-18(15(20)9-2-3-14(16)17-8-9)12-4-10-6-13(19)7-11(10)5-12/h2-3,8,10-13,19H,4-7H2,1H3,(H2,16,17)/t10-,11+,12?,13?. The number of carbonyl (C=O) groups excluding carboxylic acids is 1. The van der Waals surface area contributed by atoms with Gasteiger partial charge in [-0.25, -0.2) is 4.98 Å². The largest absolute Gasteiger partial charge is 0.393 e. The highest BCUT2D eigenvalue weighted by Gasteiger charge is 2.43. The molecule has 0 aromatic carbocycles. The quantitative estimate of drug-likeness (QED) is 0.852. The Kier molecular flexibility index (Phi) is 3.38. The fraction of sp³-hybridized carbons (Fsp3) is 0.600. The fourth-order valence-electron chi connectivity index (χ4n) is 3.77. The highest BCUT2D eigenvalue weighted by Crippen LogP contribution is 2.45. The van der Waals surface area contributed by atoms with Gasteiger partial charge in [0.25, 0.3) is 5.91 Å². The maximum Gasteiger partial charge on any atom is 0.255 e. The minimum atomic E-state index is -0.131. The molecule has 2 unspecified atom stereocenters. The van der Waals surface area contributed by atoms with Crippen LogP contribution in [0.15, 0.2) is 18.3 Å². The Hall–Kier alpha value is -1.62. The van der Waals surface area contributed by atoms with Crippen molar-refractivity contribution in [3.63, 3.8) is 0 Å². The molecule has 2 fully saturated rings. The normalized spacial score (nSPS) is 32.1. The molecular formula is C15H21N3O2. The number of anilines is 1. The van der Waals surface area contributed by atoms with Gasteiger partial charge in [-0.15, -0.1) is 0 Å². The van der Waals surface area contributed by atoms with Crippen LogP contribution in [0, 0.1) is 11.8 Å². The Balaban J connectivity index is 1.66. The van der Waals surface area contributed by atoms with E-state index >= 15 is 0 Å². The number of amides is 1. The number of aliphatic hydroxyl groups is 1. The monoisotopic (exact) mass is 275 g/mol. The second-order valence-electron chi connectivity index (χ2n) is 6.16. The number of hydrogen-bond donors (Lipinski definition) is 2. The maximum atomic E-state index is 12.4. The van der Waals surface area contributed by atoms with E-state index in [1.165, 1.54) is 6.20 Å². The first kappa shape index (κ1) is 13.4. The molecule has 1 heterocycles. The summed E-state index contributed by atoms with van der Waals surface area (Å²) in [6.45, 7) is 0. The Morgan fingerprint density at radius 2 is 1.95 bits per heavy atom. The minimum Gasteiger partial charge on any atom is -0.393 e. The molecule has 1 amide bonds. The SMILES string of the molecule is CN(C(=O)c1ccc(N)nc1)C1C[C@H]2CC(O)C[C@H]2C1. The number of aromatic nitrogens is 1. The summed E-state index contributed by atoms with van der Waals surface area (Å²) in [5.74, 6) is 1.58. The van der Waals surface area contributed by atoms with Crippen LogP contribution in [0.5, 0.6) is 0 Å². The van der Waals surface area contributed by atoms with Crippen LogP contribution in [0.4, 0.5) is 5.82 Å². The summed E-state index contributed by atoms with van der Waals surface area (Å²) < 4.78 is 0. The summed E-state index contributed by atoms with van der Waals surface area (Å²) in [6, 6.07) is 3.66. The molecule has 3 rings (SSSR count). The molecule has 2 saturated carbocycles. The van der Waals surface area contributed by atoms with Crippen molar-refractivity contribution in [2.75, 3.05) is 12.8 Å². The lowest BCUT2D eigenvalue weighted by atomic mass is 10.0. The zero-order valence-corrected chi connectivity index (χ0v) is 11.7. The van der Waals surface area contributed by atoms with Gasteiger partial charge >= 0.3 is 0 Å². The number of carbonyl (C=O) groups is 1. The number of nitrogens with two attached hydrogens (primary N) is 1. The summed E-state index contributed by atoms with van der Waals surface area (Å²) in [7, 11) is 1.86. The molecule has 108 valence electrons. The van der Waals surface area contributed by atoms with Gasteiger partial charge in [0, 0.05) is 19.3 Å². The summed E-state index contributed by atoms with van der Waals surface area (Å²) in [6.07, 6.45) is 5.21. The molecule has 0 saturated heterocycles. The molecule has 1 aromatic heterocycles. The molecule has 20 heavy (non-hydrogen) atoms. The van der Waals surface area contributed by atoms with E-state index < -0.39 is 0 Å². The lowest BCUT2D eigenvalue weighted by Crippen LogP contribution is -2.36. The first-order valence-electron chi connectivity index (χ1n) is 7.21. The van der Waals surface area contributed by atoms with Crippen molar-refractivity contribution in [3.05, 3.63) is 23.9 Å². The summed E-state index contributed by atoms with van der Waals surface area (Å²) >= 11 is 0. The van der Waals surface area contributed by atoms with Crippen molar-refractivity contribution < 1.29 is 9.90 Å². The van der Waals surface area contributed by atoms with Gasteiger partial charge in [0.2, 0.25) is 0 Å². The molecule has 0 spiro atoms. The van der Waals surface area contributed by atoms with Crippen LogP contribution >= 0.6 is 0 Å². The summed E-state index contributed by atoms with van der Waals surface area (Å²) in [4.78, 5) is 18.2. The number of hydrogen-bond acceptors (Lipinski definition) is 4. The van der Waals surface area contributed by atoms with E-state index in [1.807, 2.05) is 11.9 Å². The summed E-state index contributed by atoms with van der Waals surface area (Å²) in [5.41, 5.74) is 6.12. The Labute approximate surface area is 118 Å². The average molecular weight is 275 g/mol. The molecule has 2 aliphatic rings. The van der Waals surface area contributed by atoms with E-state index in [0.29, 0.717) is 23.2 Å². The van der Waals surface area contributed by atoms with Gasteiger partial charge in [0.1, 0.15) is 5.82 Å². The van der Waals surface area contributed by atoms with Gasteiger partial charge in [0.15, 0.2) is 0 Å². The molecule has 0 aliphatic heterocycles. The molecule has 5 heteroatoms. The number of fused-ring (bicyclic) bond motifs is 1. The van der Waals surface area contributed by atoms with Crippen LogP contribution in [-0.2, 0) is 0 Å². The van der Waals surface area contributed by atoms with Gasteiger partial charge in [-0.2, -0.15) is 0 Å². The number of rotatable bonds is 2. The van der Waals surface area contributed by atoms with Crippen molar-refractivity contribution in [2.45, 2.75) is 37.8 Å². The third kappa shape index (κ3) is 2.38. The first-order valence-corrected chi connectivity index (χ1v) is 7.21. The van der Waals surface area contributed by atoms with Crippen molar-refractivity contribution >= 4 is 11.7 Å². The van der Waals surface area contributed by atoms with Crippen molar-refractivity contribution in [2.24, 2.45) is 11.8 Å². The van der Waals surface area contributed by atoms with E-state index in [9.17, 15) is 9.90 Å². The van der Waals surface area contributed by atoms with E-state index in [-0.39, 0.29) is 18.1 Å². The number of aliphatic hydroxyl groups excluding tert-OH is 1. The molecule has 0 radical (unpaired) electrons. The lowest BCUT2D eigenvalue weighted by molar-refractivity contribution is 0.0722. The van der Waals surface area contributed by atoms with Crippen LogP contribution in [0.25, 0.3) is 0 Å². The third-order valence-corrected chi connectivity index (χ3v) is 4.87. The fourth-order valence-corrected chi connectivity index (χ4v) is 3.77. The zero-order valence-electron chi connectivity index (χ0n) is 11.7. The Morgan fingerprint density at radius 3 is 2.50 bits per heavy atom. The second-order valence-corrected chi connectivity index (χ2v) is 6.16. The third-order valence-electron chi connectivity index (χ3n) is 4.87. The van der Waals surface area contributed by atoms with Crippen LogP contribution in [0.1, 0.15) is 36.0 Å². The van der Waals surface area contributed by atoms with E-state index in [2.05, 4.69) is 4.98 Å². The summed E-state index contributed by atoms with van der Waals surface area (Å²) in [5, 5.41) is 9.67. The highest BCUT2D eigenvalue weighted by atomic mass is 16.3. The minimum absolute atomic E-state index is 0.00280. The second kappa shape index (κ2) is 5.05. The number of pyridine rings is 1. The van der Waals surface area contributed by atoms with Gasteiger partial charge in [-0.05, 0) is 49.7 Å². The number of nitrogens with zero attached hydrogens (tertiary/aromatic N) is 2. The van der Waals surface area contributed by atoms with Crippen molar-refractivity contribution in [1.82, 2.24) is 9.88 Å². The van der Waals surface area contributed by atoms with Crippen LogP contribution < -0.4 is 5.73 Å². The molecular weight excluding hydrogens is 254 g/mol. The van der Waals surface area contributed by atoms with Crippen molar-refractivity contribution in [3.8, 4) is 0 Å². The molecule has 4 atom stereocenters. The topological polar surface area (TPSA) is 79.5 Å². The molecule has 3 N–H and O–H groups in total. The van der Waals surface area contributed by atoms with Gasteiger partial charge < -0.3 is 15.7 Å². The van der Waals surface area contributed by atoms with E-state index in [1.54, 1.807) is 12.1 Å². The lowest BCUT2D eigenvalue weighted by Gasteiger charge is -2.25. The van der Waals surface area contributed by atoms with E-state index in [0.717, 1.165) is 25.7 Å². The Morgan fingerprint density at radius 1 is 1.30 bits per heavy atom. The van der Waals surface area contributed by atoms with Crippen LogP contribution in [-0.4, -0.2) is 40.1 Å². The van der Waals surface area contributed by atoms with E-state index in [4.69, 9.17) is 5.73 Å². The van der Waals surface area contributed by atoms with Gasteiger partial charge in [0.05, 0.1) is 11.7 Å². The molecule has 2 aliphatic carbocycles. The zero-order chi connectivity index (χ0) is 14.3. The maximum absolute atomic E-state index is 12.4. The van der Waals surface area contributed by atoms with Gasteiger partial charge in [-0.1, -0.05) is 0 Å². The predicted molar refractivity (Wildman–Crippen MR) is 76.0 cm³/mol. The predicted octanol–water partition coefficient (Wildman–Crippen LogP) is 1.29. The average Bonchev–Trinajstić information content (AvgIpc) is 2.95. The molecule has 5 nitrogen and oxygen atoms in total. The molecule has 1 aromatic rings. The van der Waals surface area contributed by atoms with Crippen LogP contribution in [0.2, 0.25) is 0 Å². The first-order chi connectivity index (χ1) is 9.54.